The number of anilines is 1. The minimum atomic E-state index is -0.626. The maximum absolute atomic E-state index is 12.1. The van der Waals surface area contributed by atoms with Crippen LogP contribution in [0.15, 0.2) is 48.5 Å². The van der Waals surface area contributed by atoms with Crippen molar-refractivity contribution in [2.75, 3.05) is 5.32 Å². The van der Waals surface area contributed by atoms with Gasteiger partial charge in [0.2, 0.25) is 0 Å². The molecule has 1 unspecified atom stereocenters. The molecule has 2 N–H and O–H groups in total. The van der Waals surface area contributed by atoms with Crippen LogP contribution >= 0.6 is 0 Å². The maximum Gasteiger partial charge on any atom is 0.313 e. The summed E-state index contributed by atoms with van der Waals surface area (Å²) in [5.74, 6) is -1.22. The molecule has 4 heteroatoms. The largest absolute Gasteiger partial charge is 0.341 e. The van der Waals surface area contributed by atoms with E-state index < -0.39 is 11.8 Å². The van der Waals surface area contributed by atoms with Gasteiger partial charge in [-0.05, 0) is 48.1 Å². The maximum atomic E-state index is 12.1. The van der Waals surface area contributed by atoms with Crippen LogP contribution in [0, 0.1) is 0 Å². The van der Waals surface area contributed by atoms with Gasteiger partial charge in [-0.3, -0.25) is 9.59 Å². The van der Waals surface area contributed by atoms with Gasteiger partial charge in [0.15, 0.2) is 0 Å². The van der Waals surface area contributed by atoms with Crippen LogP contribution in [0.2, 0.25) is 0 Å². The third kappa shape index (κ3) is 3.42. The van der Waals surface area contributed by atoms with Crippen LogP contribution < -0.4 is 10.6 Å². The average molecular weight is 308 g/mol. The highest BCUT2D eigenvalue weighted by molar-refractivity contribution is 6.39. The van der Waals surface area contributed by atoms with E-state index in [4.69, 9.17) is 0 Å². The third-order valence-electron chi connectivity index (χ3n) is 4.26. The standard InChI is InChI=1S/C19H20N2O2/c1-2-13-7-10-15(11-8-13)20-18(22)19(23)21-17-12-9-14-5-3-4-6-16(14)17/h3-8,10-11,17H,2,9,12H2,1H3,(H,20,22)(H,21,23). The molecule has 2 aromatic rings. The molecular weight excluding hydrogens is 288 g/mol. The van der Waals surface area contributed by atoms with Crippen LogP contribution in [-0.4, -0.2) is 11.8 Å². The SMILES string of the molecule is CCc1ccc(NC(=O)C(=O)NC2CCc3ccccc32)cc1. The van der Waals surface area contributed by atoms with E-state index in [1.807, 2.05) is 42.5 Å². The molecule has 1 atom stereocenters. The second kappa shape index (κ2) is 6.65. The van der Waals surface area contributed by atoms with Crippen LogP contribution in [0.5, 0.6) is 0 Å². The van der Waals surface area contributed by atoms with Crippen molar-refractivity contribution < 1.29 is 9.59 Å². The van der Waals surface area contributed by atoms with E-state index in [-0.39, 0.29) is 6.04 Å². The lowest BCUT2D eigenvalue weighted by Crippen LogP contribution is -2.37. The Morgan fingerprint density at radius 3 is 2.52 bits per heavy atom. The summed E-state index contributed by atoms with van der Waals surface area (Å²) in [5, 5.41) is 5.47. The van der Waals surface area contributed by atoms with Crippen LogP contribution in [0.25, 0.3) is 0 Å². The Balaban J connectivity index is 1.61. The van der Waals surface area contributed by atoms with Gasteiger partial charge in [-0.2, -0.15) is 0 Å². The number of carbonyl (C=O) groups is 2. The van der Waals surface area contributed by atoms with Gasteiger partial charge < -0.3 is 10.6 Å². The molecule has 0 heterocycles. The molecule has 4 nitrogen and oxygen atoms in total. The van der Waals surface area contributed by atoms with Crippen LogP contribution in [0.3, 0.4) is 0 Å². The van der Waals surface area contributed by atoms with Crippen molar-refractivity contribution in [3.8, 4) is 0 Å². The molecule has 23 heavy (non-hydrogen) atoms. The number of benzene rings is 2. The van der Waals surface area contributed by atoms with E-state index >= 15 is 0 Å². The first-order valence-electron chi connectivity index (χ1n) is 7.96. The molecule has 0 saturated heterocycles. The summed E-state index contributed by atoms with van der Waals surface area (Å²) < 4.78 is 0. The first-order valence-corrected chi connectivity index (χ1v) is 7.96. The Bertz CT molecular complexity index is 722. The monoisotopic (exact) mass is 308 g/mol. The van der Waals surface area contributed by atoms with Crippen molar-refractivity contribution in [1.82, 2.24) is 5.32 Å². The molecular formula is C19H20N2O2. The number of rotatable bonds is 3. The van der Waals surface area contributed by atoms with Crippen LogP contribution in [0.4, 0.5) is 5.69 Å². The van der Waals surface area contributed by atoms with E-state index in [0.29, 0.717) is 5.69 Å². The first-order chi connectivity index (χ1) is 11.2. The molecule has 0 radical (unpaired) electrons. The Morgan fingerprint density at radius 1 is 1.04 bits per heavy atom. The molecule has 1 aliphatic carbocycles. The van der Waals surface area contributed by atoms with Gasteiger partial charge in [0.05, 0.1) is 6.04 Å². The lowest BCUT2D eigenvalue weighted by Gasteiger charge is -2.14. The van der Waals surface area contributed by atoms with Crippen molar-refractivity contribution in [2.24, 2.45) is 0 Å². The normalized spacial score (nSPS) is 15.8. The zero-order valence-corrected chi connectivity index (χ0v) is 13.1. The molecule has 0 aromatic heterocycles. The molecule has 0 aliphatic heterocycles. The fourth-order valence-electron chi connectivity index (χ4n) is 2.94. The van der Waals surface area contributed by atoms with Crippen molar-refractivity contribution in [2.45, 2.75) is 32.2 Å². The molecule has 0 bridgehead atoms. The number of nitrogens with one attached hydrogen (secondary N) is 2. The number of hydrogen-bond acceptors (Lipinski definition) is 2. The highest BCUT2D eigenvalue weighted by Gasteiger charge is 2.25. The third-order valence-corrected chi connectivity index (χ3v) is 4.26. The van der Waals surface area contributed by atoms with Gasteiger partial charge in [-0.25, -0.2) is 0 Å². The van der Waals surface area contributed by atoms with Crippen molar-refractivity contribution in [3.63, 3.8) is 0 Å². The summed E-state index contributed by atoms with van der Waals surface area (Å²) >= 11 is 0. The highest BCUT2D eigenvalue weighted by atomic mass is 16.2. The predicted molar refractivity (Wildman–Crippen MR) is 90.1 cm³/mol. The van der Waals surface area contributed by atoms with Crippen LogP contribution in [0.1, 0.15) is 36.1 Å². The quantitative estimate of drug-likeness (QED) is 0.856. The zero-order valence-electron chi connectivity index (χ0n) is 13.1. The topological polar surface area (TPSA) is 58.2 Å². The van der Waals surface area contributed by atoms with E-state index in [1.165, 1.54) is 11.1 Å². The number of carbonyl (C=O) groups excluding carboxylic acids is 2. The zero-order chi connectivity index (χ0) is 16.2. The Hall–Kier alpha value is -2.62. The Morgan fingerprint density at radius 2 is 1.78 bits per heavy atom. The minimum absolute atomic E-state index is 0.0769. The summed E-state index contributed by atoms with van der Waals surface area (Å²) in [6.07, 6.45) is 2.71. The van der Waals surface area contributed by atoms with Gasteiger partial charge >= 0.3 is 11.8 Å². The number of fused-ring (bicyclic) bond motifs is 1. The summed E-state index contributed by atoms with van der Waals surface area (Å²) in [6, 6.07) is 15.5. The number of hydrogen-bond donors (Lipinski definition) is 2. The molecule has 118 valence electrons. The molecule has 3 rings (SSSR count). The van der Waals surface area contributed by atoms with E-state index in [9.17, 15) is 9.59 Å². The van der Waals surface area contributed by atoms with E-state index in [1.54, 1.807) is 0 Å². The molecule has 0 saturated carbocycles. The van der Waals surface area contributed by atoms with Gasteiger partial charge in [-0.1, -0.05) is 43.3 Å². The fourth-order valence-corrected chi connectivity index (χ4v) is 2.94. The fraction of sp³-hybridized carbons (Fsp3) is 0.263. The number of amides is 2. The Kier molecular flexibility index (Phi) is 4.42. The second-order valence-electron chi connectivity index (χ2n) is 5.77. The van der Waals surface area contributed by atoms with Gasteiger partial charge in [0.25, 0.3) is 0 Å². The summed E-state index contributed by atoms with van der Waals surface area (Å²) in [5.41, 5.74) is 4.18. The first kappa shape index (κ1) is 15.3. The summed E-state index contributed by atoms with van der Waals surface area (Å²) in [4.78, 5) is 24.2. The number of aryl methyl sites for hydroxylation is 2. The van der Waals surface area contributed by atoms with Gasteiger partial charge in [0.1, 0.15) is 0 Å². The average Bonchev–Trinajstić information content (AvgIpc) is 2.98. The van der Waals surface area contributed by atoms with Crippen molar-refractivity contribution in [3.05, 3.63) is 65.2 Å². The molecule has 2 aromatic carbocycles. The smallest absolute Gasteiger partial charge is 0.313 e. The summed E-state index contributed by atoms with van der Waals surface area (Å²) in [7, 11) is 0. The lowest BCUT2D eigenvalue weighted by atomic mass is 10.1. The molecule has 2 amide bonds. The van der Waals surface area contributed by atoms with Gasteiger partial charge in [0, 0.05) is 5.69 Å². The molecule has 1 aliphatic rings. The molecule has 0 spiro atoms. The van der Waals surface area contributed by atoms with Crippen molar-refractivity contribution in [1.29, 1.82) is 0 Å². The second-order valence-corrected chi connectivity index (χ2v) is 5.77. The Labute approximate surface area is 135 Å². The predicted octanol–water partition coefficient (Wildman–Crippen LogP) is 2.99. The molecule has 0 fully saturated rings. The van der Waals surface area contributed by atoms with E-state index in [0.717, 1.165) is 24.8 Å². The van der Waals surface area contributed by atoms with Gasteiger partial charge in [-0.15, -0.1) is 0 Å². The lowest BCUT2D eigenvalue weighted by molar-refractivity contribution is -0.136. The summed E-state index contributed by atoms with van der Waals surface area (Å²) in [6.45, 7) is 2.07. The van der Waals surface area contributed by atoms with Crippen LogP contribution in [-0.2, 0) is 22.4 Å². The van der Waals surface area contributed by atoms with E-state index in [2.05, 4.69) is 23.6 Å². The van der Waals surface area contributed by atoms with Crippen molar-refractivity contribution >= 4 is 17.5 Å². The highest BCUT2D eigenvalue weighted by Crippen LogP contribution is 2.30. The minimum Gasteiger partial charge on any atom is -0.341 e.